The van der Waals surface area contributed by atoms with E-state index in [1.54, 1.807) is 18.2 Å². The predicted molar refractivity (Wildman–Crippen MR) is 84.7 cm³/mol. The molecule has 0 unspecified atom stereocenters. The smallest absolute Gasteiger partial charge is 0.260 e. The first kappa shape index (κ1) is 14.6. The number of carbonyl (C=O) groups is 1. The Morgan fingerprint density at radius 3 is 2.55 bits per heavy atom. The summed E-state index contributed by atoms with van der Waals surface area (Å²) in [5, 5.41) is 12.0. The lowest BCUT2D eigenvalue weighted by Crippen LogP contribution is -2.13. The fraction of sp³-hybridized carbons (Fsp3) is 0. The van der Waals surface area contributed by atoms with Crippen LogP contribution in [-0.4, -0.2) is 16.1 Å². The number of rotatable bonds is 3. The first-order valence-corrected chi connectivity index (χ1v) is 7.48. The standard InChI is InChI=1S/C15H9ClFN3OS/c16-10-7-5-9(6-8-10)14-19-20-15(22-14)18-13(21)11-3-1-2-4-12(11)17/h1-8H,(H,18,20,21). The second kappa shape index (κ2) is 6.21. The summed E-state index contributed by atoms with van der Waals surface area (Å²) in [7, 11) is 0. The summed E-state index contributed by atoms with van der Waals surface area (Å²) in [5.41, 5.74) is 0.805. The van der Waals surface area contributed by atoms with Gasteiger partial charge < -0.3 is 0 Å². The highest BCUT2D eigenvalue weighted by molar-refractivity contribution is 7.18. The zero-order valence-corrected chi connectivity index (χ0v) is 12.7. The van der Waals surface area contributed by atoms with Crippen LogP contribution in [0.5, 0.6) is 0 Å². The minimum atomic E-state index is -0.581. The van der Waals surface area contributed by atoms with Gasteiger partial charge in [-0.3, -0.25) is 10.1 Å². The maximum absolute atomic E-state index is 13.5. The fourth-order valence-electron chi connectivity index (χ4n) is 1.79. The van der Waals surface area contributed by atoms with Crippen LogP contribution in [0.3, 0.4) is 0 Å². The monoisotopic (exact) mass is 333 g/mol. The molecule has 22 heavy (non-hydrogen) atoms. The van der Waals surface area contributed by atoms with Crippen LogP contribution < -0.4 is 5.32 Å². The first-order valence-electron chi connectivity index (χ1n) is 6.29. The normalized spacial score (nSPS) is 10.5. The van der Waals surface area contributed by atoms with Gasteiger partial charge in [0.2, 0.25) is 5.13 Å². The zero-order valence-electron chi connectivity index (χ0n) is 11.1. The second-order valence-corrected chi connectivity index (χ2v) is 5.77. The van der Waals surface area contributed by atoms with Gasteiger partial charge >= 0.3 is 0 Å². The molecule has 1 N–H and O–H groups in total. The largest absolute Gasteiger partial charge is 0.296 e. The van der Waals surface area contributed by atoms with E-state index in [1.165, 1.54) is 29.5 Å². The van der Waals surface area contributed by atoms with Crippen LogP contribution in [-0.2, 0) is 0 Å². The van der Waals surface area contributed by atoms with E-state index < -0.39 is 11.7 Å². The van der Waals surface area contributed by atoms with E-state index in [2.05, 4.69) is 15.5 Å². The Bertz CT molecular complexity index is 820. The number of anilines is 1. The molecule has 0 fully saturated rings. The Kier molecular flexibility index (Phi) is 4.13. The van der Waals surface area contributed by atoms with Gasteiger partial charge in [-0.15, -0.1) is 10.2 Å². The number of aromatic nitrogens is 2. The molecule has 0 saturated carbocycles. The molecule has 0 bridgehead atoms. The number of hydrogen-bond acceptors (Lipinski definition) is 4. The lowest BCUT2D eigenvalue weighted by atomic mass is 10.2. The van der Waals surface area contributed by atoms with Crippen LogP contribution in [0.25, 0.3) is 10.6 Å². The number of nitrogens with zero attached hydrogens (tertiary/aromatic N) is 2. The van der Waals surface area contributed by atoms with E-state index in [9.17, 15) is 9.18 Å². The van der Waals surface area contributed by atoms with Crippen LogP contribution in [0, 0.1) is 5.82 Å². The average Bonchev–Trinajstić information content (AvgIpc) is 2.97. The maximum Gasteiger partial charge on any atom is 0.260 e. The molecule has 3 rings (SSSR count). The molecule has 0 aliphatic heterocycles. The molecule has 0 atom stereocenters. The van der Waals surface area contributed by atoms with Crippen molar-refractivity contribution in [3.05, 3.63) is 64.9 Å². The van der Waals surface area contributed by atoms with Crippen LogP contribution in [0.15, 0.2) is 48.5 Å². The van der Waals surface area contributed by atoms with E-state index in [1.807, 2.05) is 12.1 Å². The number of amides is 1. The Hall–Kier alpha value is -2.31. The highest BCUT2D eigenvalue weighted by Crippen LogP contribution is 2.27. The lowest BCUT2D eigenvalue weighted by Gasteiger charge is -2.01. The molecule has 0 radical (unpaired) electrons. The van der Waals surface area contributed by atoms with Gasteiger partial charge in [0.05, 0.1) is 5.56 Å². The Labute approximate surface area is 134 Å². The summed E-state index contributed by atoms with van der Waals surface area (Å²) in [4.78, 5) is 12.0. The van der Waals surface area contributed by atoms with Crippen LogP contribution in [0.4, 0.5) is 9.52 Å². The third kappa shape index (κ3) is 3.13. The SMILES string of the molecule is O=C(Nc1nnc(-c2ccc(Cl)cc2)s1)c1ccccc1F. The molecule has 0 saturated heterocycles. The van der Waals surface area contributed by atoms with Gasteiger partial charge in [-0.1, -0.05) is 47.2 Å². The van der Waals surface area contributed by atoms with Gasteiger partial charge in [0.1, 0.15) is 10.8 Å². The molecular formula is C15H9ClFN3OS. The molecule has 4 nitrogen and oxygen atoms in total. The summed E-state index contributed by atoms with van der Waals surface area (Å²) < 4.78 is 13.5. The zero-order chi connectivity index (χ0) is 15.5. The molecule has 110 valence electrons. The lowest BCUT2D eigenvalue weighted by molar-refractivity contribution is 0.102. The fourth-order valence-corrected chi connectivity index (χ4v) is 2.66. The molecule has 0 aliphatic rings. The van der Waals surface area contributed by atoms with Gasteiger partial charge in [0.25, 0.3) is 5.91 Å². The summed E-state index contributed by atoms with van der Waals surface area (Å²) in [6, 6.07) is 12.9. The third-order valence-corrected chi connectivity index (χ3v) is 3.99. The highest BCUT2D eigenvalue weighted by Gasteiger charge is 2.14. The molecule has 7 heteroatoms. The molecule has 3 aromatic rings. The molecule has 0 aliphatic carbocycles. The molecule has 1 amide bonds. The number of nitrogens with one attached hydrogen (secondary N) is 1. The third-order valence-electron chi connectivity index (χ3n) is 2.86. The van der Waals surface area contributed by atoms with Crippen molar-refractivity contribution in [2.75, 3.05) is 5.32 Å². The molecular weight excluding hydrogens is 325 g/mol. The number of carbonyl (C=O) groups excluding carboxylic acids is 1. The molecule has 2 aromatic carbocycles. The Morgan fingerprint density at radius 1 is 1.09 bits per heavy atom. The van der Waals surface area contributed by atoms with Gasteiger partial charge in [-0.05, 0) is 24.3 Å². The summed E-state index contributed by atoms with van der Waals surface area (Å²) >= 11 is 7.03. The van der Waals surface area contributed by atoms with E-state index in [0.29, 0.717) is 15.2 Å². The average molecular weight is 334 g/mol. The minimum absolute atomic E-state index is 0.0363. The van der Waals surface area contributed by atoms with Crippen molar-refractivity contribution in [3.63, 3.8) is 0 Å². The minimum Gasteiger partial charge on any atom is -0.296 e. The van der Waals surface area contributed by atoms with Gasteiger partial charge in [-0.25, -0.2) is 4.39 Å². The Morgan fingerprint density at radius 2 is 1.82 bits per heavy atom. The summed E-state index contributed by atoms with van der Waals surface area (Å²) in [5.74, 6) is -1.14. The van der Waals surface area contributed by atoms with Crippen molar-refractivity contribution in [1.82, 2.24) is 10.2 Å². The summed E-state index contributed by atoms with van der Waals surface area (Å²) in [6.45, 7) is 0. The van der Waals surface area contributed by atoms with Crippen LogP contribution in [0.1, 0.15) is 10.4 Å². The van der Waals surface area contributed by atoms with Crippen molar-refractivity contribution in [2.45, 2.75) is 0 Å². The Balaban J connectivity index is 1.78. The topological polar surface area (TPSA) is 54.9 Å². The maximum atomic E-state index is 13.5. The summed E-state index contributed by atoms with van der Waals surface area (Å²) in [6.07, 6.45) is 0. The van der Waals surface area contributed by atoms with Gasteiger partial charge in [0, 0.05) is 10.6 Å². The van der Waals surface area contributed by atoms with E-state index in [-0.39, 0.29) is 5.56 Å². The van der Waals surface area contributed by atoms with Gasteiger partial charge in [0.15, 0.2) is 0 Å². The van der Waals surface area contributed by atoms with Crippen LogP contribution >= 0.6 is 22.9 Å². The van der Waals surface area contributed by atoms with Gasteiger partial charge in [-0.2, -0.15) is 0 Å². The second-order valence-electron chi connectivity index (χ2n) is 4.35. The van der Waals surface area contributed by atoms with Crippen molar-refractivity contribution >= 4 is 34.0 Å². The molecule has 1 heterocycles. The van der Waals surface area contributed by atoms with E-state index in [4.69, 9.17) is 11.6 Å². The molecule has 0 spiro atoms. The number of halogens is 2. The molecule has 1 aromatic heterocycles. The van der Waals surface area contributed by atoms with Crippen molar-refractivity contribution in [1.29, 1.82) is 0 Å². The van der Waals surface area contributed by atoms with Crippen molar-refractivity contribution < 1.29 is 9.18 Å². The predicted octanol–water partition coefficient (Wildman–Crippen LogP) is 4.25. The van der Waals surface area contributed by atoms with Crippen molar-refractivity contribution in [3.8, 4) is 10.6 Å². The highest BCUT2D eigenvalue weighted by atomic mass is 35.5. The number of hydrogen-bond donors (Lipinski definition) is 1. The van der Waals surface area contributed by atoms with Crippen LogP contribution in [0.2, 0.25) is 5.02 Å². The number of benzene rings is 2. The quantitative estimate of drug-likeness (QED) is 0.779. The van der Waals surface area contributed by atoms with Crippen molar-refractivity contribution in [2.24, 2.45) is 0 Å². The van der Waals surface area contributed by atoms with E-state index in [0.717, 1.165) is 5.56 Å². The van der Waals surface area contributed by atoms with E-state index >= 15 is 0 Å². The first-order chi connectivity index (χ1) is 10.6.